The lowest BCUT2D eigenvalue weighted by Crippen LogP contribution is -2.54. The number of esters is 2. The van der Waals surface area contributed by atoms with E-state index in [2.05, 4.69) is 29.9 Å². The number of piperidine rings is 1. The van der Waals surface area contributed by atoms with Gasteiger partial charge in [0.1, 0.15) is 11.9 Å². The van der Waals surface area contributed by atoms with E-state index in [-0.39, 0.29) is 43.6 Å². The Morgan fingerprint density at radius 3 is 2.48 bits per heavy atom. The van der Waals surface area contributed by atoms with Crippen molar-refractivity contribution in [1.82, 2.24) is 14.6 Å². The number of allylic oxidation sites excluding steroid dienone is 1. The van der Waals surface area contributed by atoms with Crippen molar-refractivity contribution in [3.63, 3.8) is 0 Å². The Bertz CT molecular complexity index is 1640. The summed E-state index contributed by atoms with van der Waals surface area (Å²) in [6, 6.07) is 4.50. The zero-order valence-electron chi connectivity index (χ0n) is 27.3. The Balaban J connectivity index is 1.33. The smallest absolute Gasteiger partial charge is 0.338 e. The number of halogens is 1. The number of rotatable bonds is 10. The molecule has 1 N–H and O–H groups in total. The van der Waals surface area contributed by atoms with Crippen LogP contribution in [0.25, 0.3) is 0 Å². The van der Waals surface area contributed by atoms with Crippen LogP contribution in [0.2, 0.25) is 25.7 Å². The number of methoxy groups -OCH3 is 1. The molecule has 1 aromatic heterocycles. The van der Waals surface area contributed by atoms with E-state index in [0.29, 0.717) is 52.7 Å². The topological polar surface area (TPSA) is 127 Å². The van der Waals surface area contributed by atoms with E-state index in [1.165, 1.54) is 34.9 Å². The molecule has 0 radical (unpaired) electrons. The number of aryl methyl sites for hydroxylation is 1. The van der Waals surface area contributed by atoms with E-state index in [4.69, 9.17) is 14.5 Å². The van der Waals surface area contributed by atoms with E-state index in [0.717, 1.165) is 6.04 Å². The van der Waals surface area contributed by atoms with Gasteiger partial charge in [-0.25, -0.2) is 26.9 Å². The van der Waals surface area contributed by atoms with Crippen molar-refractivity contribution in [2.75, 3.05) is 26.8 Å². The zero-order chi connectivity index (χ0) is 33.4. The number of aromatic nitrogens is 1. The third kappa shape index (κ3) is 7.14. The van der Waals surface area contributed by atoms with Crippen LogP contribution in [-0.2, 0) is 29.1 Å². The predicted molar refractivity (Wildman–Crippen MR) is 178 cm³/mol. The van der Waals surface area contributed by atoms with Gasteiger partial charge in [-0.05, 0) is 68.8 Å². The molecule has 0 spiro atoms. The maximum absolute atomic E-state index is 14.1. The van der Waals surface area contributed by atoms with Gasteiger partial charge in [-0.3, -0.25) is 9.79 Å². The molecular formula is C32H43FN4O6S2Si. The average molecular weight is 691 g/mol. The first-order chi connectivity index (χ1) is 21.6. The molecule has 1 aliphatic carbocycles. The fraction of sp³-hybridized carbons (Fsp3) is 0.562. The van der Waals surface area contributed by atoms with Crippen molar-refractivity contribution >= 4 is 47.2 Å². The number of carbonyl (C=O) groups excluding carboxylic acids is 2. The first kappa shape index (κ1) is 34.4. The summed E-state index contributed by atoms with van der Waals surface area (Å²) in [5.74, 6) is -0.958. The molecule has 2 aromatic rings. The fourth-order valence-electron chi connectivity index (χ4n) is 6.40. The van der Waals surface area contributed by atoms with Gasteiger partial charge in [0.05, 0.1) is 30.0 Å². The standard InChI is InChI=1S/C32H43FN4O6S2Si/c1-20-17-22(33)7-8-24(20)27-25(30(38)42-3)26(35-28(36-27)29-34-11-15-44-29)21-9-12-37(13-10-21)45(40,41)23-18-32(2,19-23)31(39)43-14-16-46(4,5)6/h7-8,11,15,17,21,23,27H,9-10,12-14,16,18-19H2,1-6H3,(H,35,36). The van der Waals surface area contributed by atoms with Crippen LogP contribution in [0.5, 0.6) is 0 Å². The number of nitrogens with one attached hydrogen (secondary N) is 1. The van der Waals surface area contributed by atoms with Crippen LogP contribution in [0.3, 0.4) is 0 Å². The first-order valence-corrected chi connectivity index (χ1v) is 21.7. The summed E-state index contributed by atoms with van der Waals surface area (Å²) in [4.78, 5) is 35.4. The first-order valence-electron chi connectivity index (χ1n) is 15.6. The third-order valence-electron chi connectivity index (χ3n) is 9.22. The number of hydrogen-bond acceptors (Lipinski definition) is 10. The van der Waals surface area contributed by atoms with Gasteiger partial charge in [0.25, 0.3) is 0 Å². The molecule has 1 atom stereocenters. The minimum Gasteiger partial charge on any atom is -0.466 e. The maximum Gasteiger partial charge on any atom is 0.338 e. The predicted octanol–water partition coefficient (Wildman–Crippen LogP) is 5.20. The van der Waals surface area contributed by atoms with Crippen LogP contribution in [0.15, 0.2) is 46.0 Å². The number of ether oxygens (including phenoxy) is 2. The van der Waals surface area contributed by atoms with Crippen LogP contribution in [0.4, 0.5) is 4.39 Å². The van der Waals surface area contributed by atoms with Crippen LogP contribution in [0.1, 0.15) is 54.8 Å². The van der Waals surface area contributed by atoms with Crippen molar-refractivity contribution in [3.8, 4) is 0 Å². The van der Waals surface area contributed by atoms with Crippen molar-refractivity contribution in [1.29, 1.82) is 0 Å². The minimum atomic E-state index is -3.64. The molecule has 1 unspecified atom stereocenters. The monoisotopic (exact) mass is 690 g/mol. The zero-order valence-corrected chi connectivity index (χ0v) is 29.9. The summed E-state index contributed by atoms with van der Waals surface area (Å²) >= 11 is 1.40. The van der Waals surface area contributed by atoms with Crippen molar-refractivity contribution in [2.45, 2.75) is 76.5 Å². The lowest BCUT2D eigenvalue weighted by atomic mass is 9.70. The molecule has 3 aliphatic rings. The largest absolute Gasteiger partial charge is 0.466 e. The highest BCUT2D eigenvalue weighted by atomic mass is 32.2. The van der Waals surface area contributed by atoms with Gasteiger partial charge in [-0.15, -0.1) is 11.3 Å². The van der Waals surface area contributed by atoms with Gasteiger partial charge < -0.3 is 14.8 Å². The quantitative estimate of drug-likeness (QED) is 0.266. The molecule has 250 valence electrons. The maximum atomic E-state index is 14.1. The second kappa shape index (κ2) is 13.3. The summed E-state index contributed by atoms with van der Waals surface area (Å²) in [6.45, 7) is 11.1. The van der Waals surface area contributed by atoms with Gasteiger partial charge in [0, 0.05) is 44.4 Å². The molecule has 1 aromatic carbocycles. The van der Waals surface area contributed by atoms with E-state index >= 15 is 0 Å². The number of benzene rings is 1. The molecule has 1 saturated heterocycles. The molecule has 2 aliphatic heterocycles. The van der Waals surface area contributed by atoms with Crippen molar-refractivity contribution in [2.24, 2.45) is 16.3 Å². The Morgan fingerprint density at radius 2 is 1.89 bits per heavy atom. The highest BCUT2D eigenvalue weighted by Crippen LogP contribution is 2.47. The molecule has 0 amide bonds. The molecule has 10 nitrogen and oxygen atoms in total. The van der Waals surface area contributed by atoms with Crippen molar-refractivity contribution < 1.29 is 31.9 Å². The SMILES string of the molecule is COC(=O)C1=C(C2CCN(S(=O)(=O)C3CC(C)(C(=O)OCC[Si](C)(C)C)C3)CC2)NC(c2nccs2)=NC1c1ccc(F)cc1C. The average Bonchev–Trinajstić information content (AvgIpc) is 3.53. The second-order valence-corrected chi connectivity index (χ2v) is 22.6. The number of hydrogen-bond donors (Lipinski definition) is 1. The van der Waals surface area contributed by atoms with E-state index in [1.54, 1.807) is 26.1 Å². The molecule has 0 bridgehead atoms. The number of sulfonamides is 1. The summed E-state index contributed by atoms with van der Waals surface area (Å²) < 4.78 is 53.7. The van der Waals surface area contributed by atoms with Crippen LogP contribution in [0, 0.1) is 24.1 Å². The van der Waals surface area contributed by atoms with Crippen LogP contribution < -0.4 is 5.32 Å². The van der Waals surface area contributed by atoms with Gasteiger partial charge >= 0.3 is 11.9 Å². The summed E-state index contributed by atoms with van der Waals surface area (Å²) in [5.41, 5.74) is 1.46. The molecule has 3 heterocycles. The number of nitrogens with zero attached hydrogens (tertiary/aromatic N) is 3. The Labute approximate surface area is 275 Å². The second-order valence-electron chi connectivity index (χ2n) is 13.9. The Hall–Kier alpha value is -2.94. The molecule has 2 fully saturated rings. The summed E-state index contributed by atoms with van der Waals surface area (Å²) in [6.07, 6.45) is 3.08. The van der Waals surface area contributed by atoms with Crippen LogP contribution >= 0.6 is 11.3 Å². The number of amidine groups is 1. The number of carbonyl (C=O) groups is 2. The molecule has 5 rings (SSSR count). The lowest BCUT2D eigenvalue weighted by Gasteiger charge is -2.45. The Kier molecular flexibility index (Phi) is 9.93. The van der Waals surface area contributed by atoms with Crippen molar-refractivity contribution in [3.05, 3.63) is 63.0 Å². The molecule has 1 saturated carbocycles. The number of aliphatic imine (C=N–C) groups is 1. The normalized spacial score (nSPS) is 24.5. The minimum absolute atomic E-state index is 0.192. The van der Waals surface area contributed by atoms with Gasteiger partial charge in [-0.1, -0.05) is 25.7 Å². The van der Waals surface area contributed by atoms with Gasteiger partial charge in [0.2, 0.25) is 10.0 Å². The molecule has 14 heteroatoms. The van der Waals surface area contributed by atoms with Gasteiger partial charge in [0.15, 0.2) is 10.8 Å². The Morgan fingerprint density at radius 1 is 1.20 bits per heavy atom. The lowest BCUT2D eigenvalue weighted by molar-refractivity contribution is -0.159. The van der Waals surface area contributed by atoms with E-state index in [1.807, 2.05) is 5.38 Å². The highest BCUT2D eigenvalue weighted by molar-refractivity contribution is 7.89. The van der Waals surface area contributed by atoms with Crippen LogP contribution in [-0.4, -0.2) is 75.6 Å². The molecule has 46 heavy (non-hydrogen) atoms. The van der Waals surface area contributed by atoms with E-state index < -0.39 is 40.8 Å². The third-order valence-corrected chi connectivity index (χ3v) is 14.0. The fourth-order valence-corrected chi connectivity index (χ4v) is 10.00. The van der Waals surface area contributed by atoms with E-state index in [9.17, 15) is 22.4 Å². The summed E-state index contributed by atoms with van der Waals surface area (Å²) in [5, 5.41) is 5.19. The summed E-state index contributed by atoms with van der Waals surface area (Å²) in [7, 11) is -3.68. The highest BCUT2D eigenvalue weighted by Gasteiger charge is 2.54. The molecular weight excluding hydrogens is 648 g/mol. The van der Waals surface area contributed by atoms with Gasteiger partial charge in [-0.2, -0.15) is 0 Å². The number of thiazole rings is 1.